The Balaban J connectivity index is 1.73. The summed E-state index contributed by atoms with van der Waals surface area (Å²) in [6.45, 7) is 7.09. The lowest BCUT2D eigenvalue weighted by Crippen LogP contribution is -2.25. The molecule has 0 spiro atoms. The van der Waals surface area contributed by atoms with Crippen LogP contribution in [0.3, 0.4) is 0 Å². The maximum Gasteiger partial charge on any atom is 0.237 e. The summed E-state index contributed by atoms with van der Waals surface area (Å²) in [4.78, 5) is 16.0. The first-order valence-corrected chi connectivity index (χ1v) is 11.0. The maximum atomic E-state index is 11.6. The Morgan fingerprint density at radius 1 is 1.28 bits per heavy atom. The van der Waals surface area contributed by atoms with E-state index >= 15 is 0 Å². The fraction of sp³-hybridized carbons (Fsp3) is 0.667. The van der Waals surface area contributed by atoms with Crippen molar-refractivity contribution >= 4 is 40.8 Å². The molecule has 0 unspecified atom stereocenters. The van der Waals surface area contributed by atoms with Crippen LogP contribution in [0.2, 0.25) is 0 Å². The normalized spacial score (nSPS) is 11.2. The van der Waals surface area contributed by atoms with Crippen LogP contribution in [0, 0.1) is 5.92 Å². The van der Waals surface area contributed by atoms with E-state index in [0.29, 0.717) is 29.9 Å². The molecule has 7 nitrogen and oxygen atoms in total. The fourth-order valence-electron chi connectivity index (χ4n) is 1.75. The number of nitrogens with zero attached hydrogens (tertiary/aromatic N) is 4. The number of carbonyl (C=O) groups is 1. The third-order valence-electron chi connectivity index (χ3n) is 3.06. The molecule has 2 aromatic heterocycles. The second-order valence-corrected chi connectivity index (χ2v) is 9.22. The largest absolute Gasteiger partial charge is 0.355 e. The molecule has 10 heteroatoms. The topological polar surface area (TPSA) is 93.8 Å². The van der Waals surface area contributed by atoms with Gasteiger partial charge in [0, 0.05) is 13.0 Å². The molecule has 0 aliphatic carbocycles. The van der Waals surface area contributed by atoms with E-state index in [0.717, 1.165) is 33.8 Å². The van der Waals surface area contributed by atoms with E-state index in [-0.39, 0.29) is 5.91 Å². The van der Waals surface area contributed by atoms with Gasteiger partial charge in [0.05, 0.1) is 11.5 Å². The zero-order chi connectivity index (χ0) is 18.1. The minimum absolute atomic E-state index is 0.0241. The molecule has 2 rings (SSSR count). The number of hydrogen-bond donors (Lipinski definition) is 1. The van der Waals surface area contributed by atoms with Crippen LogP contribution in [0.25, 0.3) is 0 Å². The SMILES string of the molecule is CCCNC(=O)CSc1nnc(SCc2nc(CCC(C)C)no2)s1. The molecular weight excluding hydrogens is 378 g/mol. The molecule has 0 bridgehead atoms. The van der Waals surface area contributed by atoms with E-state index in [1.54, 1.807) is 0 Å². The van der Waals surface area contributed by atoms with Gasteiger partial charge in [0.1, 0.15) is 0 Å². The molecule has 0 aliphatic rings. The molecule has 0 atom stereocenters. The highest BCUT2D eigenvalue weighted by Crippen LogP contribution is 2.30. The minimum atomic E-state index is 0.0241. The molecule has 2 aromatic rings. The molecular formula is C15H23N5O2S3. The number of nitrogens with one attached hydrogen (secondary N) is 1. The molecule has 0 aromatic carbocycles. The lowest BCUT2D eigenvalue weighted by atomic mass is 10.1. The van der Waals surface area contributed by atoms with Crippen LogP contribution in [0.5, 0.6) is 0 Å². The summed E-state index contributed by atoms with van der Waals surface area (Å²) >= 11 is 4.39. The molecule has 1 N–H and O–H groups in total. The molecule has 0 saturated heterocycles. The summed E-state index contributed by atoms with van der Waals surface area (Å²) in [6.07, 6.45) is 2.82. The van der Waals surface area contributed by atoms with Gasteiger partial charge >= 0.3 is 0 Å². The third kappa shape index (κ3) is 7.74. The van der Waals surface area contributed by atoms with Crippen molar-refractivity contribution in [3.63, 3.8) is 0 Å². The van der Waals surface area contributed by atoms with Crippen molar-refractivity contribution < 1.29 is 9.32 Å². The van der Waals surface area contributed by atoms with Gasteiger partial charge in [-0.1, -0.05) is 60.8 Å². The van der Waals surface area contributed by atoms with Crippen LogP contribution in [0.4, 0.5) is 0 Å². The smallest absolute Gasteiger partial charge is 0.237 e. The summed E-state index contributed by atoms with van der Waals surface area (Å²) in [5.41, 5.74) is 0. The predicted molar refractivity (Wildman–Crippen MR) is 101 cm³/mol. The van der Waals surface area contributed by atoms with Crippen LogP contribution in [0.1, 0.15) is 45.3 Å². The van der Waals surface area contributed by atoms with Gasteiger partial charge in [-0.2, -0.15) is 4.98 Å². The van der Waals surface area contributed by atoms with Crippen LogP contribution in [0.15, 0.2) is 13.2 Å². The van der Waals surface area contributed by atoms with Crippen molar-refractivity contribution in [1.82, 2.24) is 25.7 Å². The van der Waals surface area contributed by atoms with Gasteiger partial charge in [0.15, 0.2) is 14.5 Å². The summed E-state index contributed by atoms with van der Waals surface area (Å²) in [7, 11) is 0. The monoisotopic (exact) mass is 401 g/mol. The first-order chi connectivity index (χ1) is 12.1. The molecule has 0 radical (unpaired) electrons. The van der Waals surface area contributed by atoms with Gasteiger partial charge in [-0.05, 0) is 18.8 Å². The third-order valence-corrected chi connectivity index (χ3v) is 6.24. The zero-order valence-electron chi connectivity index (χ0n) is 14.7. The number of hydrogen-bond acceptors (Lipinski definition) is 9. The van der Waals surface area contributed by atoms with E-state index in [1.165, 1.54) is 34.9 Å². The summed E-state index contributed by atoms with van der Waals surface area (Å²) < 4.78 is 6.88. The Labute approximate surface area is 160 Å². The Kier molecular flexibility index (Phi) is 8.70. The number of carbonyl (C=O) groups excluding carboxylic acids is 1. The number of thioether (sulfide) groups is 2. The summed E-state index contributed by atoms with van der Waals surface area (Å²) in [6, 6.07) is 0. The zero-order valence-corrected chi connectivity index (χ0v) is 17.1. The Morgan fingerprint density at radius 3 is 2.76 bits per heavy atom. The lowest BCUT2D eigenvalue weighted by molar-refractivity contribution is -0.118. The van der Waals surface area contributed by atoms with E-state index in [9.17, 15) is 4.79 Å². The van der Waals surface area contributed by atoms with Gasteiger partial charge in [-0.25, -0.2) is 0 Å². The van der Waals surface area contributed by atoms with Gasteiger partial charge in [0.25, 0.3) is 0 Å². The Hall–Kier alpha value is -1.13. The van der Waals surface area contributed by atoms with Gasteiger partial charge in [-0.15, -0.1) is 10.2 Å². The van der Waals surface area contributed by atoms with E-state index in [4.69, 9.17) is 4.52 Å². The van der Waals surface area contributed by atoms with Gasteiger partial charge in [-0.3, -0.25) is 4.79 Å². The molecule has 0 fully saturated rings. The number of amides is 1. The van der Waals surface area contributed by atoms with Gasteiger partial charge in [0.2, 0.25) is 11.8 Å². The van der Waals surface area contributed by atoms with Crippen molar-refractivity contribution in [3.8, 4) is 0 Å². The first kappa shape index (κ1) is 20.2. The molecule has 1 amide bonds. The van der Waals surface area contributed by atoms with E-state index in [1.807, 2.05) is 6.92 Å². The lowest BCUT2D eigenvalue weighted by Gasteiger charge is -2.00. The van der Waals surface area contributed by atoms with Crippen molar-refractivity contribution in [1.29, 1.82) is 0 Å². The second kappa shape index (κ2) is 10.8. The number of rotatable bonds is 11. The predicted octanol–water partition coefficient (Wildman–Crippen LogP) is 3.42. The summed E-state index contributed by atoms with van der Waals surface area (Å²) in [5.74, 6) is 2.95. The molecule has 138 valence electrons. The Morgan fingerprint density at radius 2 is 2.04 bits per heavy atom. The maximum absolute atomic E-state index is 11.6. The van der Waals surface area contributed by atoms with E-state index in [2.05, 4.69) is 39.5 Å². The number of aromatic nitrogens is 4. The molecule has 25 heavy (non-hydrogen) atoms. The van der Waals surface area contributed by atoms with Crippen LogP contribution in [-0.2, 0) is 17.0 Å². The minimum Gasteiger partial charge on any atom is -0.355 e. The van der Waals surface area contributed by atoms with E-state index < -0.39 is 0 Å². The van der Waals surface area contributed by atoms with Crippen LogP contribution < -0.4 is 5.32 Å². The average molecular weight is 402 g/mol. The first-order valence-electron chi connectivity index (χ1n) is 8.24. The van der Waals surface area contributed by atoms with Crippen molar-refractivity contribution in [3.05, 3.63) is 11.7 Å². The number of aryl methyl sites for hydroxylation is 1. The molecule has 0 saturated carbocycles. The quantitative estimate of drug-likeness (QED) is 0.572. The van der Waals surface area contributed by atoms with Crippen molar-refractivity contribution in [2.45, 2.75) is 54.5 Å². The summed E-state index contributed by atoms with van der Waals surface area (Å²) in [5, 5.41) is 15.1. The van der Waals surface area contributed by atoms with Crippen molar-refractivity contribution in [2.75, 3.05) is 12.3 Å². The average Bonchev–Trinajstić information content (AvgIpc) is 3.23. The van der Waals surface area contributed by atoms with Gasteiger partial charge < -0.3 is 9.84 Å². The molecule has 0 aliphatic heterocycles. The molecule has 2 heterocycles. The Bertz CT molecular complexity index is 659. The van der Waals surface area contributed by atoms with Crippen LogP contribution in [-0.4, -0.2) is 38.5 Å². The van der Waals surface area contributed by atoms with Crippen LogP contribution >= 0.6 is 34.9 Å². The van der Waals surface area contributed by atoms with Crippen molar-refractivity contribution in [2.24, 2.45) is 5.92 Å². The fourth-order valence-corrected chi connectivity index (χ4v) is 4.44. The highest BCUT2D eigenvalue weighted by Gasteiger charge is 2.11. The highest BCUT2D eigenvalue weighted by atomic mass is 32.2. The standard InChI is InChI=1S/C15H23N5O2S3/c1-4-7-16-12(21)8-23-14-18-19-15(25-14)24-9-13-17-11(20-22-13)6-5-10(2)3/h10H,4-9H2,1-3H3,(H,16,21). The second-order valence-electron chi connectivity index (χ2n) is 5.80. The highest BCUT2D eigenvalue weighted by molar-refractivity contribution is 8.03.